The quantitative estimate of drug-likeness (QED) is 0.140. The van der Waals surface area contributed by atoms with Crippen molar-refractivity contribution in [2.24, 2.45) is 0 Å². The topological polar surface area (TPSA) is 111 Å². The Balaban J connectivity index is 1.57. The van der Waals surface area contributed by atoms with Gasteiger partial charge in [-0.1, -0.05) is 49.7 Å². The summed E-state index contributed by atoms with van der Waals surface area (Å²) in [6.45, 7) is 4.07. The summed E-state index contributed by atoms with van der Waals surface area (Å²) >= 11 is 0. The zero-order valence-corrected chi connectivity index (χ0v) is 26.8. The highest BCUT2D eigenvalue weighted by Gasteiger charge is 2.19. The lowest BCUT2D eigenvalue weighted by Gasteiger charge is -2.24. The maximum absolute atomic E-state index is 14.0. The normalized spacial score (nSPS) is 11.0. The summed E-state index contributed by atoms with van der Waals surface area (Å²) in [4.78, 5) is 26.1. The molecule has 0 bridgehead atoms. The van der Waals surface area contributed by atoms with Crippen LogP contribution in [0.4, 0.5) is 11.8 Å². The van der Waals surface area contributed by atoms with Crippen molar-refractivity contribution in [2.45, 2.75) is 46.0 Å². The molecule has 0 amide bonds. The molecule has 5 rings (SSSR count). The largest absolute Gasteiger partial charge is 0.497 e. The molecule has 46 heavy (non-hydrogen) atoms. The number of rotatable bonds is 15. The van der Waals surface area contributed by atoms with Crippen LogP contribution in [0.3, 0.4) is 0 Å². The Morgan fingerprint density at radius 2 is 1.46 bits per heavy atom. The predicted octanol–water partition coefficient (Wildman–Crippen LogP) is 5.78. The van der Waals surface area contributed by atoms with Crippen LogP contribution in [-0.4, -0.2) is 47.5 Å². The van der Waals surface area contributed by atoms with Gasteiger partial charge in [0.2, 0.25) is 5.95 Å². The van der Waals surface area contributed by atoms with Gasteiger partial charge in [0.15, 0.2) is 0 Å². The first-order valence-corrected chi connectivity index (χ1v) is 15.4. The number of methoxy groups -OCH3 is 3. The number of hydrogen-bond acceptors (Lipinski definition) is 9. The Labute approximate surface area is 269 Å². The van der Waals surface area contributed by atoms with Gasteiger partial charge in [-0.2, -0.15) is 4.98 Å². The van der Waals surface area contributed by atoms with E-state index >= 15 is 0 Å². The first-order chi connectivity index (χ1) is 22.5. The zero-order chi connectivity index (χ0) is 32.5. The van der Waals surface area contributed by atoms with Gasteiger partial charge in [-0.05, 0) is 59.5 Å². The van der Waals surface area contributed by atoms with Crippen LogP contribution in [-0.2, 0) is 26.2 Å². The van der Waals surface area contributed by atoms with Crippen molar-refractivity contribution in [2.75, 3.05) is 38.1 Å². The molecule has 0 atom stereocenters. The summed E-state index contributed by atoms with van der Waals surface area (Å²) in [7, 11) is 4.88. The van der Waals surface area contributed by atoms with E-state index in [0.29, 0.717) is 54.6 Å². The summed E-state index contributed by atoms with van der Waals surface area (Å²) in [5.74, 6) is 3.20. The SMILES string of the molecule is CCCCNc1nc(N(Cc2ccc(OC)cc2)Cc2ccc(OC)cc2)nc2ccn(Cc3ccc(CO)cc3OC)c(=O)c12. The van der Waals surface area contributed by atoms with Gasteiger partial charge in [-0.15, -0.1) is 0 Å². The maximum Gasteiger partial charge on any atom is 0.264 e. The minimum Gasteiger partial charge on any atom is -0.497 e. The fourth-order valence-electron chi connectivity index (χ4n) is 5.25. The van der Waals surface area contributed by atoms with Gasteiger partial charge in [-0.25, -0.2) is 4.98 Å². The second kappa shape index (κ2) is 15.3. The Bertz CT molecular complexity index is 1760. The number of fused-ring (bicyclic) bond motifs is 1. The van der Waals surface area contributed by atoms with Gasteiger partial charge in [0.1, 0.15) is 28.5 Å². The lowest BCUT2D eigenvalue weighted by molar-refractivity contribution is 0.281. The van der Waals surface area contributed by atoms with Crippen LogP contribution < -0.4 is 30.0 Å². The molecule has 2 aromatic heterocycles. The standard InChI is InChI=1S/C36H41N5O5/c1-5-6-18-37-34-33-31(17-19-40(35(33)43)23-28-12-7-27(24-42)20-32(28)46-4)38-36(39-34)41(21-25-8-13-29(44-2)14-9-25)22-26-10-15-30(45-3)16-11-26/h7-17,19-20,42H,5-6,18,21-24H2,1-4H3,(H,37,38,39). The summed E-state index contributed by atoms with van der Waals surface area (Å²) in [6, 6.07) is 23.2. The molecule has 0 aliphatic heterocycles. The average molecular weight is 624 g/mol. The number of pyridine rings is 1. The third-order valence-electron chi connectivity index (χ3n) is 7.86. The Hall–Kier alpha value is -5.09. The van der Waals surface area contributed by atoms with E-state index in [2.05, 4.69) is 17.1 Å². The fraction of sp³-hybridized carbons (Fsp3) is 0.306. The number of nitrogens with one attached hydrogen (secondary N) is 1. The summed E-state index contributed by atoms with van der Waals surface area (Å²) in [6.07, 6.45) is 3.68. The molecule has 0 aliphatic carbocycles. The van der Waals surface area contributed by atoms with Crippen molar-refractivity contribution in [1.82, 2.24) is 14.5 Å². The molecule has 0 spiro atoms. The Kier molecular flexibility index (Phi) is 10.7. The van der Waals surface area contributed by atoms with Crippen molar-refractivity contribution in [1.29, 1.82) is 0 Å². The lowest BCUT2D eigenvalue weighted by Crippen LogP contribution is -2.27. The monoisotopic (exact) mass is 623 g/mol. The number of ether oxygens (including phenoxy) is 3. The molecule has 0 saturated carbocycles. The van der Waals surface area contributed by atoms with Crippen LogP contribution >= 0.6 is 0 Å². The second-order valence-electron chi connectivity index (χ2n) is 11.0. The van der Waals surface area contributed by atoms with Crippen molar-refractivity contribution in [3.63, 3.8) is 0 Å². The number of benzene rings is 3. The van der Waals surface area contributed by atoms with Gasteiger partial charge in [-0.3, -0.25) is 4.79 Å². The number of aliphatic hydroxyl groups is 1. The van der Waals surface area contributed by atoms with Crippen molar-refractivity contribution >= 4 is 22.7 Å². The van der Waals surface area contributed by atoms with Crippen LogP contribution in [0.1, 0.15) is 42.0 Å². The molecule has 10 nitrogen and oxygen atoms in total. The highest BCUT2D eigenvalue weighted by Crippen LogP contribution is 2.26. The first kappa shape index (κ1) is 32.3. The molecule has 0 aliphatic rings. The number of aliphatic hydroxyl groups excluding tert-OH is 1. The molecule has 5 aromatic rings. The lowest BCUT2D eigenvalue weighted by atomic mass is 10.1. The second-order valence-corrected chi connectivity index (χ2v) is 11.0. The van der Waals surface area contributed by atoms with Crippen LogP contribution in [0.15, 0.2) is 83.8 Å². The summed E-state index contributed by atoms with van der Waals surface area (Å²) in [5.41, 5.74) is 4.05. The van der Waals surface area contributed by atoms with E-state index in [9.17, 15) is 9.90 Å². The Morgan fingerprint density at radius 1 is 0.826 bits per heavy atom. The van der Waals surface area contributed by atoms with Crippen molar-refractivity contribution in [3.8, 4) is 17.2 Å². The number of aromatic nitrogens is 3. The molecule has 2 heterocycles. The minimum atomic E-state index is -0.201. The van der Waals surface area contributed by atoms with Gasteiger partial charge in [0.25, 0.3) is 5.56 Å². The van der Waals surface area contributed by atoms with Gasteiger partial charge in [0, 0.05) is 31.4 Å². The average Bonchev–Trinajstić information content (AvgIpc) is 3.09. The van der Waals surface area contributed by atoms with Gasteiger partial charge < -0.3 is 34.1 Å². The van der Waals surface area contributed by atoms with Crippen LogP contribution in [0.25, 0.3) is 10.9 Å². The number of hydrogen-bond donors (Lipinski definition) is 2. The number of anilines is 2. The summed E-state index contributed by atoms with van der Waals surface area (Å²) in [5, 5.41) is 13.4. The third-order valence-corrected chi connectivity index (χ3v) is 7.86. The molecule has 10 heteroatoms. The molecule has 0 unspecified atom stereocenters. The third kappa shape index (κ3) is 7.58. The molecular formula is C36H41N5O5. The fourth-order valence-corrected chi connectivity index (χ4v) is 5.25. The number of nitrogens with zero attached hydrogens (tertiary/aromatic N) is 4. The van der Waals surface area contributed by atoms with E-state index in [1.54, 1.807) is 38.2 Å². The zero-order valence-electron chi connectivity index (χ0n) is 26.8. The van der Waals surface area contributed by atoms with E-state index in [0.717, 1.165) is 46.6 Å². The Morgan fingerprint density at radius 3 is 2.02 bits per heavy atom. The van der Waals surface area contributed by atoms with Crippen molar-refractivity contribution in [3.05, 3.63) is 112 Å². The molecule has 240 valence electrons. The highest BCUT2D eigenvalue weighted by molar-refractivity contribution is 5.89. The van der Waals surface area contributed by atoms with Gasteiger partial charge >= 0.3 is 0 Å². The minimum absolute atomic E-state index is 0.0903. The van der Waals surface area contributed by atoms with E-state index in [-0.39, 0.29) is 12.2 Å². The van der Waals surface area contributed by atoms with Crippen LogP contribution in [0.2, 0.25) is 0 Å². The predicted molar refractivity (Wildman–Crippen MR) is 181 cm³/mol. The molecule has 0 fully saturated rings. The van der Waals surface area contributed by atoms with Crippen molar-refractivity contribution < 1.29 is 19.3 Å². The van der Waals surface area contributed by atoms with Crippen LogP contribution in [0.5, 0.6) is 17.2 Å². The molecule has 2 N–H and O–H groups in total. The van der Waals surface area contributed by atoms with E-state index in [4.69, 9.17) is 24.2 Å². The first-order valence-electron chi connectivity index (χ1n) is 15.4. The molecule has 0 radical (unpaired) electrons. The molecule has 0 saturated heterocycles. The summed E-state index contributed by atoms with van der Waals surface area (Å²) < 4.78 is 17.9. The van der Waals surface area contributed by atoms with Gasteiger partial charge in [0.05, 0.1) is 40.0 Å². The van der Waals surface area contributed by atoms with E-state index in [1.165, 1.54) is 0 Å². The van der Waals surface area contributed by atoms with E-state index < -0.39 is 0 Å². The maximum atomic E-state index is 14.0. The van der Waals surface area contributed by atoms with E-state index in [1.807, 2.05) is 66.7 Å². The molecule has 3 aromatic carbocycles. The smallest absolute Gasteiger partial charge is 0.264 e. The molecular weight excluding hydrogens is 582 g/mol. The number of unbranched alkanes of at least 4 members (excludes halogenated alkanes) is 1. The van der Waals surface area contributed by atoms with Crippen LogP contribution in [0, 0.1) is 0 Å². The highest BCUT2D eigenvalue weighted by atomic mass is 16.5.